The molecule has 1 amide bonds. The number of aryl methyl sites for hydroxylation is 1. The molecule has 25 heavy (non-hydrogen) atoms. The van der Waals surface area contributed by atoms with E-state index in [1.165, 1.54) is 0 Å². The summed E-state index contributed by atoms with van der Waals surface area (Å²) in [6.07, 6.45) is 7.24. The predicted molar refractivity (Wildman–Crippen MR) is 102 cm³/mol. The molecule has 0 fully saturated rings. The Labute approximate surface area is 155 Å². The Hall–Kier alpha value is -1.50. The highest BCUT2D eigenvalue weighted by Gasteiger charge is 2.24. The zero-order chi connectivity index (χ0) is 18.7. The van der Waals surface area contributed by atoms with Gasteiger partial charge in [0, 0.05) is 11.9 Å². The van der Waals surface area contributed by atoms with Crippen LogP contribution in [0.2, 0.25) is 0 Å². The third-order valence-corrected chi connectivity index (χ3v) is 4.81. The first-order valence-electron chi connectivity index (χ1n) is 9.01. The van der Waals surface area contributed by atoms with E-state index in [2.05, 4.69) is 24.3 Å². The van der Waals surface area contributed by atoms with E-state index in [9.17, 15) is 9.59 Å². The van der Waals surface area contributed by atoms with Crippen LogP contribution in [0, 0.1) is 5.92 Å². The zero-order valence-corrected chi connectivity index (χ0v) is 16.6. The number of esters is 1. The first-order chi connectivity index (χ1) is 12.0. The van der Waals surface area contributed by atoms with E-state index in [0.717, 1.165) is 25.0 Å². The highest BCUT2D eigenvalue weighted by Crippen LogP contribution is 2.13. The number of nitrogens with one attached hydrogen (secondary N) is 1. The van der Waals surface area contributed by atoms with Crippen LogP contribution in [0.4, 0.5) is 0 Å². The van der Waals surface area contributed by atoms with Crippen molar-refractivity contribution in [3.8, 4) is 0 Å². The molecule has 0 radical (unpaired) electrons. The maximum absolute atomic E-state index is 12.6. The van der Waals surface area contributed by atoms with Crippen LogP contribution in [-0.2, 0) is 16.1 Å². The van der Waals surface area contributed by atoms with Gasteiger partial charge in [0.1, 0.15) is 11.7 Å². The van der Waals surface area contributed by atoms with Crippen molar-refractivity contribution in [1.29, 1.82) is 0 Å². The van der Waals surface area contributed by atoms with Crippen molar-refractivity contribution < 1.29 is 14.3 Å². The SMILES string of the molecule is CCOC(=O)C(CCCC(C)CC)NC(=O)c1ccnn1CCSC. The molecular weight excluding hydrogens is 338 g/mol. The molecule has 1 aromatic rings. The Kier molecular flexibility index (Phi) is 10.3. The second-order valence-electron chi connectivity index (χ2n) is 6.15. The van der Waals surface area contributed by atoms with Crippen LogP contribution in [0.5, 0.6) is 0 Å². The fourth-order valence-corrected chi connectivity index (χ4v) is 2.84. The Morgan fingerprint density at radius 3 is 2.76 bits per heavy atom. The largest absolute Gasteiger partial charge is 0.464 e. The Morgan fingerprint density at radius 1 is 1.36 bits per heavy atom. The molecule has 6 nitrogen and oxygen atoms in total. The van der Waals surface area contributed by atoms with Gasteiger partial charge >= 0.3 is 5.97 Å². The molecule has 1 heterocycles. The summed E-state index contributed by atoms with van der Waals surface area (Å²) in [6.45, 7) is 7.10. The summed E-state index contributed by atoms with van der Waals surface area (Å²) in [5, 5.41) is 7.02. The van der Waals surface area contributed by atoms with Crippen molar-refractivity contribution >= 4 is 23.6 Å². The minimum absolute atomic E-state index is 0.278. The number of hydrogen-bond acceptors (Lipinski definition) is 5. The molecule has 0 aromatic carbocycles. The second-order valence-corrected chi connectivity index (χ2v) is 7.14. The highest BCUT2D eigenvalue weighted by atomic mass is 32.2. The molecule has 0 aliphatic heterocycles. The van der Waals surface area contributed by atoms with E-state index >= 15 is 0 Å². The Morgan fingerprint density at radius 2 is 2.12 bits per heavy atom. The molecule has 0 bridgehead atoms. The van der Waals surface area contributed by atoms with Gasteiger partial charge in [-0.3, -0.25) is 9.48 Å². The molecule has 142 valence electrons. The van der Waals surface area contributed by atoms with Crippen LogP contribution >= 0.6 is 11.8 Å². The van der Waals surface area contributed by atoms with E-state index in [4.69, 9.17) is 4.74 Å². The fraction of sp³-hybridized carbons (Fsp3) is 0.722. The third-order valence-electron chi connectivity index (χ3n) is 4.22. The lowest BCUT2D eigenvalue weighted by atomic mass is 9.99. The quantitative estimate of drug-likeness (QED) is 0.573. The van der Waals surface area contributed by atoms with Gasteiger partial charge in [-0.25, -0.2) is 4.79 Å². The summed E-state index contributed by atoms with van der Waals surface area (Å²) in [7, 11) is 0. The van der Waals surface area contributed by atoms with Crippen molar-refractivity contribution in [2.24, 2.45) is 5.92 Å². The monoisotopic (exact) mass is 369 g/mol. The number of nitrogens with zero attached hydrogens (tertiary/aromatic N) is 2. The van der Waals surface area contributed by atoms with Crippen molar-refractivity contribution in [3.05, 3.63) is 18.0 Å². The lowest BCUT2D eigenvalue weighted by molar-refractivity contribution is -0.145. The minimum Gasteiger partial charge on any atom is -0.464 e. The number of rotatable bonds is 12. The van der Waals surface area contributed by atoms with Gasteiger partial charge < -0.3 is 10.1 Å². The van der Waals surface area contributed by atoms with Crippen molar-refractivity contribution in [1.82, 2.24) is 15.1 Å². The van der Waals surface area contributed by atoms with Gasteiger partial charge in [-0.15, -0.1) is 0 Å². The molecule has 1 N–H and O–H groups in total. The van der Waals surface area contributed by atoms with Gasteiger partial charge in [0.25, 0.3) is 5.91 Å². The lowest BCUT2D eigenvalue weighted by Crippen LogP contribution is -2.42. The normalized spacial score (nSPS) is 13.3. The molecule has 0 aliphatic carbocycles. The average molecular weight is 370 g/mol. The van der Waals surface area contributed by atoms with E-state index in [1.807, 2.05) is 6.26 Å². The van der Waals surface area contributed by atoms with Gasteiger partial charge in [-0.05, 0) is 31.6 Å². The van der Waals surface area contributed by atoms with E-state index in [-0.39, 0.29) is 11.9 Å². The first-order valence-corrected chi connectivity index (χ1v) is 10.4. The zero-order valence-electron chi connectivity index (χ0n) is 15.8. The summed E-state index contributed by atoms with van der Waals surface area (Å²) in [4.78, 5) is 24.8. The van der Waals surface area contributed by atoms with Crippen LogP contribution in [-0.4, -0.2) is 46.3 Å². The summed E-state index contributed by atoms with van der Waals surface area (Å²) >= 11 is 1.69. The number of carbonyl (C=O) groups is 2. The Balaban J connectivity index is 2.70. The highest BCUT2D eigenvalue weighted by molar-refractivity contribution is 7.98. The predicted octanol–water partition coefficient (Wildman–Crippen LogP) is 3.12. The van der Waals surface area contributed by atoms with Gasteiger partial charge in [0.05, 0.1) is 13.2 Å². The lowest BCUT2D eigenvalue weighted by Gasteiger charge is -2.18. The summed E-state index contributed by atoms with van der Waals surface area (Å²) in [5.41, 5.74) is 0.477. The van der Waals surface area contributed by atoms with Crippen LogP contribution in [0.15, 0.2) is 12.3 Å². The number of amides is 1. The minimum atomic E-state index is -0.611. The van der Waals surface area contributed by atoms with Crippen LogP contribution in [0.25, 0.3) is 0 Å². The molecule has 0 saturated heterocycles. The first kappa shape index (κ1) is 21.5. The number of aromatic nitrogens is 2. The number of ether oxygens (including phenoxy) is 1. The third kappa shape index (κ3) is 7.50. The van der Waals surface area contributed by atoms with Crippen molar-refractivity contribution in [3.63, 3.8) is 0 Å². The molecule has 7 heteroatoms. The van der Waals surface area contributed by atoms with Gasteiger partial charge in [-0.2, -0.15) is 16.9 Å². The van der Waals surface area contributed by atoms with Crippen LogP contribution in [0.1, 0.15) is 56.9 Å². The molecule has 1 aromatic heterocycles. The topological polar surface area (TPSA) is 73.2 Å². The molecule has 0 spiro atoms. The van der Waals surface area contributed by atoms with Gasteiger partial charge in [0.2, 0.25) is 0 Å². The summed E-state index contributed by atoms with van der Waals surface area (Å²) in [5.74, 6) is 0.847. The fourth-order valence-electron chi connectivity index (χ4n) is 2.48. The van der Waals surface area contributed by atoms with Crippen LogP contribution in [0.3, 0.4) is 0 Å². The van der Waals surface area contributed by atoms with Gasteiger partial charge in [0.15, 0.2) is 0 Å². The smallest absolute Gasteiger partial charge is 0.328 e. The Bertz CT molecular complexity index is 533. The molecule has 0 aliphatic rings. The van der Waals surface area contributed by atoms with Gasteiger partial charge in [-0.1, -0.05) is 33.1 Å². The number of carbonyl (C=O) groups excluding carboxylic acids is 2. The van der Waals surface area contributed by atoms with Crippen LogP contribution < -0.4 is 5.32 Å². The maximum Gasteiger partial charge on any atom is 0.328 e. The summed E-state index contributed by atoms with van der Waals surface area (Å²) < 4.78 is 6.80. The molecule has 2 unspecified atom stereocenters. The second kappa shape index (κ2) is 12.0. The number of hydrogen-bond donors (Lipinski definition) is 1. The van der Waals surface area contributed by atoms with E-state index < -0.39 is 6.04 Å². The molecule has 0 saturated carbocycles. The average Bonchev–Trinajstić information content (AvgIpc) is 3.07. The van der Waals surface area contributed by atoms with E-state index in [1.54, 1.807) is 35.6 Å². The van der Waals surface area contributed by atoms with E-state index in [0.29, 0.717) is 31.2 Å². The molecule has 2 atom stereocenters. The molecule has 1 rings (SSSR count). The standard InChI is InChI=1S/C18H31N3O3S/c1-5-14(3)8-7-9-15(18(23)24-6-2)20-17(22)16-10-11-19-21(16)12-13-25-4/h10-11,14-15H,5-9,12-13H2,1-4H3,(H,20,22). The number of thioether (sulfide) groups is 1. The summed E-state index contributed by atoms with van der Waals surface area (Å²) in [6, 6.07) is 1.07. The van der Waals surface area contributed by atoms with Crippen molar-refractivity contribution in [2.75, 3.05) is 18.6 Å². The molecular formula is C18H31N3O3S. The maximum atomic E-state index is 12.6. The van der Waals surface area contributed by atoms with Crippen molar-refractivity contribution in [2.45, 2.75) is 59.0 Å².